The lowest BCUT2D eigenvalue weighted by Gasteiger charge is -1.86. The number of aryl methyl sites for hydroxylation is 2. The Labute approximate surface area is 59.0 Å². The van der Waals surface area contributed by atoms with Gasteiger partial charge in [0.1, 0.15) is 5.75 Å². The molecule has 0 aliphatic heterocycles. The Balaban J connectivity index is 3.01. The molecule has 1 heterocycles. The molecular weight excluding hydrogens is 132 g/mol. The molecule has 0 fully saturated rings. The summed E-state index contributed by atoms with van der Waals surface area (Å²) in [6.45, 7) is 4.05. The Kier molecular flexibility index (Phi) is 1.76. The molecule has 0 saturated heterocycles. The van der Waals surface area contributed by atoms with Crippen LogP contribution >= 0.6 is 11.3 Å². The Morgan fingerprint density at radius 2 is 2.33 bits per heavy atom. The lowest BCUT2D eigenvalue weighted by atomic mass is 10.3. The van der Waals surface area contributed by atoms with Crippen LogP contribution in [0.4, 0.5) is 0 Å². The van der Waals surface area contributed by atoms with Crippen molar-refractivity contribution >= 4 is 11.3 Å². The molecule has 50 valence electrons. The van der Waals surface area contributed by atoms with Gasteiger partial charge in [0.25, 0.3) is 0 Å². The summed E-state index contributed by atoms with van der Waals surface area (Å²) < 4.78 is 0. The first-order valence-electron chi connectivity index (χ1n) is 3.02. The van der Waals surface area contributed by atoms with Gasteiger partial charge in [-0.3, -0.25) is 0 Å². The van der Waals surface area contributed by atoms with Crippen LogP contribution in [0.2, 0.25) is 0 Å². The summed E-state index contributed by atoms with van der Waals surface area (Å²) in [5.74, 6) is 0.458. The second kappa shape index (κ2) is 2.40. The molecule has 9 heavy (non-hydrogen) atoms. The highest BCUT2D eigenvalue weighted by Gasteiger charge is 2.00. The molecule has 1 rings (SSSR count). The second-order valence-electron chi connectivity index (χ2n) is 2.02. The van der Waals surface area contributed by atoms with Crippen molar-refractivity contribution in [3.8, 4) is 5.75 Å². The molecule has 0 atom stereocenters. The van der Waals surface area contributed by atoms with E-state index in [9.17, 15) is 0 Å². The third-order valence-corrected chi connectivity index (χ3v) is 2.42. The number of hydrogen-bond acceptors (Lipinski definition) is 2. The van der Waals surface area contributed by atoms with Crippen molar-refractivity contribution < 1.29 is 5.11 Å². The van der Waals surface area contributed by atoms with Gasteiger partial charge >= 0.3 is 0 Å². The molecule has 0 spiro atoms. The van der Waals surface area contributed by atoms with E-state index in [1.54, 1.807) is 11.3 Å². The van der Waals surface area contributed by atoms with Crippen LogP contribution in [0.5, 0.6) is 5.75 Å². The van der Waals surface area contributed by atoms with E-state index in [0.717, 1.165) is 11.3 Å². The molecular formula is C7H10OS. The second-order valence-corrected chi connectivity index (χ2v) is 3.36. The highest BCUT2D eigenvalue weighted by Crippen LogP contribution is 2.27. The van der Waals surface area contributed by atoms with Gasteiger partial charge in [0.05, 0.1) is 0 Å². The standard InChI is InChI=1S/C7H10OS/c1-3-7-6(8)4-5(2)9-7/h4,8H,3H2,1-2H3. The van der Waals surface area contributed by atoms with Crippen molar-refractivity contribution in [3.05, 3.63) is 15.8 Å². The first-order valence-corrected chi connectivity index (χ1v) is 3.84. The number of aromatic hydroxyl groups is 1. The smallest absolute Gasteiger partial charge is 0.129 e. The van der Waals surface area contributed by atoms with Gasteiger partial charge in [-0.25, -0.2) is 0 Å². The predicted octanol–water partition coefficient (Wildman–Crippen LogP) is 2.32. The van der Waals surface area contributed by atoms with Gasteiger partial charge < -0.3 is 5.11 Å². The van der Waals surface area contributed by atoms with Gasteiger partial charge in [-0.05, 0) is 19.4 Å². The van der Waals surface area contributed by atoms with E-state index in [0.29, 0.717) is 5.75 Å². The maximum absolute atomic E-state index is 9.14. The van der Waals surface area contributed by atoms with Crippen LogP contribution < -0.4 is 0 Å². The van der Waals surface area contributed by atoms with Gasteiger partial charge in [0, 0.05) is 9.75 Å². The average Bonchev–Trinajstić information content (AvgIpc) is 2.10. The molecule has 1 aromatic heterocycles. The summed E-state index contributed by atoms with van der Waals surface area (Å²) in [5, 5.41) is 9.14. The third kappa shape index (κ3) is 1.24. The van der Waals surface area contributed by atoms with Crippen LogP contribution in [0.3, 0.4) is 0 Å². The highest BCUT2D eigenvalue weighted by molar-refractivity contribution is 7.12. The number of rotatable bonds is 1. The first-order chi connectivity index (χ1) is 4.24. The summed E-state index contributed by atoms with van der Waals surface area (Å²) in [6, 6.07) is 1.81. The maximum atomic E-state index is 9.14. The van der Waals surface area contributed by atoms with E-state index in [2.05, 4.69) is 0 Å². The van der Waals surface area contributed by atoms with E-state index < -0.39 is 0 Å². The van der Waals surface area contributed by atoms with Crippen LogP contribution in [0.25, 0.3) is 0 Å². The van der Waals surface area contributed by atoms with Crippen molar-refractivity contribution in [2.75, 3.05) is 0 Å². The average molecular weight is 142 g/mol. The zero-order chi connectivity index (χ0) is 6.85. The molecule has 1 nitrogen and oxygen atoms in total. The molecule has 0 amide bonds. The summed E-state index contributed by atoms with van der Waals surface area (Å²) in [5.41, 5.74) is 0. The summed E-state index contributed by atoms with van der Waals surface area (Å²) in [7, 11) is 0. The zero-order valence-corrected chi connectivity index (χ0v) is 6.46. The van der Waals surface area contributed by atoms with E-state index in [4.69, 9.17) is 5.11 Å². The SMILES string of the molecule is CCc1sc(C)cc1O. The Bertz CT molecular complexity index is 203. The van der Waals surface area contributed by atoms with Crippen molar-refractivity contribution in [2.24, 2.45) is 0 Å². The minimum absolute atomic E-state index is 0.458. The summed E-state index contributed by atoms with van der Waals surface area (Å²) in [4.78, 5) is 2.27. The van der Waals surface area contributed by atoms with E-state index in [-0.39, 0.29) is 0 Å². The molecule has 0 aliphatic carbocycles. The summed E-state index contributed by atoms with van der Waals surface area (Å²) in [6.07, 6.45) is 0.935. The molecule has 0 radical (unpaired) electrons. The quantitative estimate of drug-likeness (QED) is 0.638. The van der Waals surface area contributed by atoms with E-state index >= 15 is 0 Å². The molecule has 0 aromatic carbocycles. The first kappa shape index (κ1) is 6.62. The monoisotopic (exact) mass is 142 g/mol. The molecule has 2 heteroatoms. The minimum atomic E-state index is 0.458. The summed E-state index contributed by atoms with van der Waals surface area (Å²) >= 11 is 1.66. The highest BCUT2D eigenvalue weighted by atomic mass is 32.1. The largest absolute Gasteiger partial charge is 0.507 e. The number of hydrogen-bond donors (Lipinski definition) is 1. The fourth-order valence-electron chi connectivity index (χ4n) is 0.802. The Hall–Kier alpha value is -0.500. The minimum Gasteiger partial charge on any atom is -0.507 e. The molecule has 1 aromatic rings. The van der Waals surface area contributed by atoms with Crippen LogP contribution in [0.15, 0.2) is 6.07 Å². The maximum Gasteiger partial charge on any atom is 0.129 e. The van der Waals surface area contributed by atoms with Crippen LogP contribution in [0.1, 0.15) is 16.7 Å². The van der Waals surface area contributed by atoms with E-state index in [1.165, 1.54) is 4.88 Å². The van der Waals surface area contributed by atoms with Crippen molar-refractivity contribution in [3.63, 3.8) is 0 Å². The van der Waals surface area contributed by atoms with Crippen LogP contribution in [0, 0.1) is 6.92 Å². The van der Waals surface area contributed by atoms with Crippen molar-refractivity contribution in [1.29, 1.82) is 0 Å². The molecule has 0 aliphatic rings. The van der Waals surface area contributed by atoms with Gasteiger partial charge in [0.15, 0.2) is 0 Å². The van der Waals surface area contributed by atoms with Crippen molar-refractivity contribution in [1.82, 2.24) is 0 Å². The molecule has 0 unspecified atom stereocenters. The van der Waals surface area contributed by atoms with Crippen LogP contribution in [-0.2, 0) is 6.42 Å². The lowest BCUT2D eigenvalue weighted by Crippen LogP contribution is -1.67. The Morgan fingerprint density at radius 1 is 1.67 bits per heavy atom. The number of thiophene rings is 1. The van der Waals surface area contributed by atoms with Gasteiger partial charge in [0.2, 0.25) is 0 Å². The predicted molar refractivity (Wildman–Crippen MR) is 40.1 cm³/mol. The fraction of sp³-hybridized carbons (Fsp3) is 0.429. The molecule has 1 N–H and O–H groups in total. The van der Waals surface area contributed by atoms with Crippen molar-refractivity contribution in [2.45, 2.75) is 20.3 Å². The van der Waals surface area contributed by atoms with Gasteiger partial charge in [-0.2, -0.15) is 0 Å². The van der Waals surface area contributed by atoms with Crippen LogP contribution in [-0.4, -0.2) is 5.11 Å². The van der Waals surface area contributed by atoms with Gasteiger partial charge in [-0.15, -0.1) is 11.3 Å². The molecule has 0 bridgehead atoms. The third-order valence-electron chi connectivity index (χ3n) is 1.23. The normalized spacial score (nSPS) is 10.0. The Morgan fingerprint density at radius 3 is 2.56 bits per heavy atom. The zero-order valence-electron chi connectivity index (χ0n) is 5.64. The topological polar surface area (TPSA) is 20.2 Å². The molecule has 0 saturated carbocycles. The fourth-order valence-corrected chi connectivity index (χ4v) is 1.67. The van der Waals surface area contributed by atoms with Gasteiger partial charge in [-0.1, -0.05) is 6.92 Å². The lowest BCUT2D eigenvalue weighted by molar-refractivity contribution is 0.472. The van der Waals surface area contributed by atoms with E-state index in [1.807, 2.05) is 19.9 Å².